The van der Waals surface area contributed by atoms with Crippen LogP contribution in [0.15, 0.2) is 18.3 Å². The van der Waals surface area contributed by atoms with Gasteiger partial charge in [0.1, 0.15) is 22.4 Å². The van der Waals surface area contributed by atoms with E-state index in [1.165, 1.54) is 16.0 Å². The molecule has 0 radical (unpaired) electrons. The Morgan fingerprint density at radius 3 is 2.71 bits per heavy atom. The fraction of sp³-hybridized carbons (Fsp3) is 0.444. The molecule has 0 spiro atoms. The average molecular weight is 408 g/mol. The molecule has 3 rings (SSSR count). The fourth-order valence-electron chi connectivity index (χ4n) is 3.13. The number of fused-ring (bicyclic) bond motifs is 1. The van der Waals surface area contributed by atoms with Gasteiger partial charge in [0.05, 0.1) is 6.04 Å². The van der Waals surface area contributed by atoms with Gasteiger partial charge in [0.25, 0.3) is 0 Å². The van der Waals surface area contributed by atoms with Gasteiger partial charge in [-0.1, -0.05) is 11.6 Å². The summed E-state index contributed by atoms with van der Waals surface area (Å²) in [5, 5.41) is 10.8. The summed E-state index contributed by atoms with van der Waals surface area (Å²) in [4.78, 5) is 35.2. The lowest BCUT2D eigenvalue weighted by atomic mass is 10.1. The number of carbonyl (C=O) groups excluding carboxylic acids is 1. The van der Waals surface area contributed by atoms with Crippen molar-refractivity contribution in [3.05, 3.63) is 23.5 Å². The van der Waals surface area contributed by atoms with Crippen LogP contribution >= 0.6 is 11.6 Å². The Balaban J connectivity index is 2.02. The fourth-order valence-corrected chi connectivity index (χ4v) is 3.34. The maximum absolute atomic E-state index is 12.9. The number of halogens is 1. The molecule has 0 aliphatic carbocycles. The summed E-state index contributed by atoms with van der Waals surface area (Å²) in [6, 6.07) is 2.90. The van der Waals surface area contributed by atoms with E-state index in [0.717, 1.165) is 0 Å². The summed E-state index contributed by atoms with van der Waals surface area (Å²) in [6.07, 6.45) is 0.378. The van der Waals surface area contributed by atoms with Crippen LogP contribution in [-0.2, 0) is 4.74 Å². The van der Waals surface area contributed by atoms with Crippen LogP contribution in [0.25, 0.3) is 10.8 Å². The SMILES string of the molecule is CC(C)(C)OC(=O)N(c1cc2cc(Cl)nc(N)c2cn1)[C@H]1CCN(C(=O)O)C1. The van der Waals surface area contributed by atoms with Gasteiger partial charge in [0.15, 0.2) is 0 Å². The third-order valence-corrected chi connectivity index (χ3v) is 4.53. The zero-order valence-electron chi connectivity index (χ0n) is 15.8. The first-order chi connectivity index (χ1) is 13.0. The van der Waals surface area contributed by atoms with E-state index >= 15 is 0 Å². The monoisotopic (exact) mass is 407 g/mol. The number of hydrogen-bond donors (Lipinski definition) is 2. The molecular formula is C18H22ClN5O4. The number of nitrogens with zero attached hydrogens (tertiary/aromatic N) is 4. The van der Waals surface area contributed by atoms with Crippen molar-refractivity contribution in [2.24, 2.45) is 0 Å². The highest BCUT2D eigenvalue weighted by Gasteiger charge is 2.36. The van der Waals surface area contributed by atoms with Gasteiger partial charge in [0, 0.05) is 24.7 Å². The predicted octanol–water partition coefficient (Wildman–Crippen LogP) is 3.36. The average Bonchev–Trinajstić information content (AvgIpc) is 3.02. The molecule has 1 atom stereocenters. The number of pyridine rings is 2. The number of nitrogens with two attached hydrogens (primary N) is 1. The number of amides is 2. The van der Waals surface area contributed by atoms with Gasteiger partial charge in [-0.15, -0.1) is 0 Å². The summed E-state index contributed by atoms with van der Waals surface area (Å²) >= 11 is 6.00. The van der Waals surface area contributed by atoms with E-state index in [4.69, 9.17) is 22.1 Å². The van der Waals surface area contributed by atoms with Crippen LogP contribution in [0.5, 0.6) is 0 Å². The second kappa shape index (κ2) is 7.31. The number of hydrogen-bond acceptors (Lipinski definition) is 6. The Labute approximate surface area is 167 Å². The molecule has 0 aromatic carbocycles. The molecule has 2 aromatic heterocycles. The van der Waals surface area contributed by atoms with Crippen molar-refractivity contribution >= 4 is 46.2 Å². The molecule has 10 heteroatoms. The quantitative estimate of drug-likeness (QED) is 0.731. The van der Waals surface area contributed by atoms with Gasteiger partial charge >= 0.3 is 12.2 Å². The van der Waals surface area contributed by atoms with Crippen molar-refractivity contribution in [2.45, 2.75) is 38.8 Å². The molecule has 0 bridgehead atoms. The molecule has 0 unspecified atom stereocenters. The second-order valence-corrected chi connectivity index (χ2v) is 8.00. The van der Waals surface area contributed by atoms with Crippen LogP contribution in [0.3, 0.4) is 0 Å². The van der Waals surface area contributed by atoms with Crippen molar-refractivity contribution in [3.63, 3.8) is 0 Å². The minimum absolute atomic E-state index is 0.174. The molecular weight excluding hydrogens is 386 g/mol. The Morgan fingerprint density at radius 2 is 2.11 bits per heavy atom. The number of aromatic nitrogens is 2. The number of rotatable bonds is 2. The molecule has 0 saturated carbocycles. The van der Waals surface area contributed by atoms with Gasteiger partial charge in [0.2, 0.25) is 0 Å². The normalized spacial score (nSPS) is 17.0. The maximum atomic E-state index is 12.9. The number of nitrogen functional groups attached to an aromatic ring is 1. The molecule has 2 aromatic rings. The molecule has 3 heterocycles. The highest BCUT2D eigenvalue weighted by atomic mass is 35.5. The number of anilines is 2. The van der Waals surface area contributed by atoms with E-state index in [2.05, 4.69) is 9.97 Å². The van der Waals surface area contributed by atoms with Gasteiger partial charge < -0.3 is 20.5 Å². The zero-order valence-corrected chi connectivity index (χ0v) is 16.6. The smallest absolute Gasteiger partial charge is 0.416 e. The first kappa shape index (κ1) is 19.9. The second-order valence-electron chi connectivity index (χ2n) is 7.62. The summed E-state index contributed by atoms with van der Waals surface area (Å²) in [5.41, 5.74) is 5.17. The minimum atomic E-state index is -1.02. The number of carbonyl (C=O) groups is 2. The van der Waals surface area contributed by atoms with Crippen molar-refractivity contribution in [2.75, 3.05) is 23.7 Å². The van der Waals surface area contributed by atoms with Crippen molar-refractivity contribution in [1.82, 2.24) is 14.9 Å². The van der Waals surface area contributed by atoms with Crippen molar-refractivity contribution < 1.29 is 19.4 Å². The Bertz CT molecular complexity index is 930. The van der Waals surface area contributed by atoms with Gasteiger partial charge in [-0.25, -0.2) is 19.6 Å². The van der Waals surface area contributed by atoms with E-state index in [-0.39, 0.29) is 17.5 Å². The Hall–Kier alpha value is -2.81. The van der Waals surface area contributed by atoms with Crippen LogP contribution in [0.2, 0.25) is 5.15 Å². The highest BCUT2D eigenvalue weighted by molar-refractivity contribution is 6.30. The first-order valence-corrected chi connectivity index (χ1v) is 9.15. The summed E-state index contributed by atoms with van der Waals surface area (Å²) < 4.78 is 5.54. The lowest BCUT2D eigenvalue weighted by molar-refractivity contribution is 0.0564. The number of ether oxygens (including phenoxy) is 1. The Morgan fingerprint density at radius 1 is 1.39 bits per heavy atom. The maximum Gasteiger partial charge on any atom is 0.416 e. The van der Waals surface area contributed by atoms with Crippen LogP contribution in [0, 0.1) is 0 Å². The number of carboxylic acid groups (broad SMARTS) is 1. The molecule has 1 saturated heterocycles. The van der Waals surface area contributed by atoms with Crippen LogP contribution < -0.4 is 10.6 Å². The first-order valence-electron chi connectivity index (χ1n) is 8.77. The highest BCUT2D eigenvalue weighted by Crippen LogP contribution is 2.29. The standard InChI is InChI=1S/C18H22ClN5O4/c1-18(2,3)28-17(27)24(11-4-5-23(9-11)16(25)26)14-7-10-6-13(19)22-15(20)12(10)8-21-14/h6-8,11H,4-5,9H2,1-3H3,(H2,20,22)(H,25,26)/t11-/m0/s1. The largest absolute Gasteiger partial charge is 0.465 e. The van der Waals surface area contributed by atoms with Crippen LogP contribution in [0.4, 0.5) is 21.2 Å². The van der Waals surface area contributed by atoms with Gasteiger partial charge in [-0.05, 0) is 44.7 Å². The van der Waals surface area contributed by atoms with Gasteiger partial charge in [-0.3, -0.25) is 4.90 Å². The number of likely N-dealkylation sites (tertiary alicyclic amines) is 1. The molecule has 1 aliphatic heterocycles. The summed E-state index contributed by atoms with van der Waals surface area (Å²) in [5.74, 6) is 0.573. The zero-order chi connectivity index (χ0) is 20.6. The molecule has 1 aliphatic rings. The van der Waals surface area contributed by atoms with E-state index < -0.39 is 23.8 Å². The third-order valence-electron chi connectivity index (χ3n) is 4.34. The van der Waals surface area contributed by atoms with Crippen molar-refractivity contribution in [3.8, 4) is 0 Å². The Kier molecular flexibility index (Phi) is 5.20. The minimum Gasteiger partial charge on any atom is -0.465 e. The summed E-state index contributed by atoms with van der Waals surface area (Å²) in [7, 11) is 0. The van der Waals surface area contributed by atoms with Crippen LogP contribution in [-0.4, -0.2) is 56.9 Å². The van der Waals surface area contributed by atoms with Crippen LogP contribution in [0.1, 0.15) is 27.2 Å². The molecule has 2 amide bonds. The molecule has 150 valence electrons. The predicted molar refractivity (Wildman–Crippen MR) is 106 cm³/mol. The van der Waals surface area contributed by atoms with E-state index in [0.29, 0.717) is 29.6 Å². The van der Waals surface area contributed by atoms with E-state index in [1.807, 2.05) is 0 Å². The summed E-state index contributed by atoms with van der Waals surface area (Å²) in [6.45, 7) is 5.80. The lowest BCUT2D eigenvalue weighted by Crippen LogP contribution is -2.45. The molecule has 9 nitrogen and oxygen atoms in total. The molecule has 3 N–H and O–H groups in total. The topological polar surface area (TPSA) is 122 Å². The third kappa shape index (κ3) is 4.19. The molecule has 1 fully saturated rings. The van der Waals surface area contributed by atoms with Crippen molar-refractivity contribution in [1.29, 1.82) is 0 Å². The van der Waals surface area contributed by atoms with E-state index in [9.17, 15) is 14.7 Å². The molecule has 28 heavy (non-hydrogen) atoms. The van der Waals surface area contributed by atoms with E-state index in [1.54, 1.807) is 32.9 Å². The van der Waals surface area contributed by atoms with Gasteiger partial charge in [-0.2, -0.15) is 0 Å². The lowest BCUT2D eigenvalue weighted by Gasteiger charge is -2.30.